The molecule has 1 heterocycles. The summed E-state index contributed by atoms with van der Waals surface area (Å²) in [4.78, 5) is 15.1. The molecular formula is C24H20BF4NO3. The molecule has 0 fully saturated rings. The molecule has 4 aromatic rings. The van der Waals surface area contributed by atoms with E-state index in [0.29, 0.717) is 5.56 Å². The minimum atomic E-state index is -6.00. The van der Waals surface area contributed by atoms with Gasteiger partial charge in [-0.2, -0.15) is 0 Å². The third-order valence-electron chi connectivity index (χ3n) is 4.60. The number of carbonyl (C=O) groups excluding carboxylic acids is 1. The summed E-state index contributed by atoms with van der Waals surface area (Å²) in [6.45, 7) is 1.57. The highest BCUT2D eigenvalue weighted by atomic mass is 19.5. The van der Waals surface area contributed by atoms with E-state index in [4.69, 9.17) is 9.15 Å². The first-order valence-electron chi connectivity index (χ1n) is 9.90. The first-order chi connectivity index (χ1) is 15.6. The summed E-state index contributed by atoms with van der Waals surface area (Å²) < 4.78 is 50.4. The van der Waals surface area contributed by atoms with Crippen LogP contribution in [0, 0.1) is 0 Å². The smallest absolute Gasteiger partial charge is 0.497 e. The predicted octanol–water partition coefficient (Wildman–Crippen LogP) is 4.92. The van der Waals surface area contributed by atoms with Crippen LogP contribution in [0.1, 0.15) is 17.3 Å². The summed E-state index contributed by atoms with van der Waals surface area (Å²) in [5.41, 5.74) is 3.25. The molecular weight excluding hydrogens is 437 g/mol. The first kappa shape index (κ1) is 23.8. The van der Waals surface area contributed by atoms with Crippen molar-refractivity contribution < 1.29 is 36.2 Å². The lowest BCUT2D eigenvalue weighted by molar-refractivity contribution is -0.400. The van der Waals surface area contributed by atoms with E-state index < -0.39 is 7.25 Å². The Morgan fingerprint density at radius 3 is 2.21 bits per heavy atom. The molecule has 0 saturated carbocycles. The highest BCUT2D eigenvalue weighted by Gasteiger charge is 2.20. The molecule has 33 heavy (non-hydrogen) atoms. The van der Waals surface area contributed by atoms with Gasteiger partial charge in [0.1, 0.15) is 17.1 Å². The fourth-order valence-corrected chi connectivity index (χ4v) is 3.11. The Balaban J connectivity index is 0.000000555. The fourth-order valence-electron chi connectivity index (χ4n) is 3.11. The van der Waals surface area contributed by atoms with Gasteiger partial charge in [-0.15, -0.1) is 0 Å². The number of rotatable bonds is 4. The number of fused-ring (bicyclic) bond motifs is 1. The summed E-state index contributed by atoms with van der Waals surface area (Å²) in [6, 6.07) is 25.1. The number of carbonyl (C=O) groups is 1. The summed E-state index contributed by atoms with van der Waals surface area (Å²) in [5.74, 6) is 1.58. The Morgan fingerprint density at radius 1 is 0.909 bits per heavy atom. The average molecular weight is 457 g/mol. The lowest BCUT2D eigenvalue weighted by Crippen LogP contribution is -2.70. The molecule has 0 aliphatic carbocycles. The van der Waals surface area contributed by atoms with Gasteiger partial charge in [0.25, 0.3) is 0 Å². The Kier molecular flexibility index (Phi) is 7.32. The maximum Gasteiger partial charge on any atom is 0.673 e. The molecule has 1 aromatic heterocycles. The number of nitrogens with one attached hydrogen (secondary N) is 1. The van der Waals surface area contributed by atoms with E-state index in [1.807, 2.05) is 78.9 Å². The molecule has 4 rings (SSSR count). The minimum Gasteiger partial charge on any atom is -0.497 e. The summed E-state index contributed by atoms with van der Waals surface area (Å²) in [7, 11) is -4.35. The molecule has 9 heteroatoms. The molecule has 0 spiro atoms. The molecule has 170 valence electrons. The number of hydrogen-bond acceptors (Lipinski definition) is 3. The quantitative estimate of drug-likeness (QED) is 0.269. The monoisotopic (exact) mass is 457 g/mol. The van der Waals surface area contributed by atoms with Crippen molar-refractivity contribution in [3.63, 3.8) is 0 Å². The van der Waals surface area contributed by atoms with E-state index in [0.717, 1.165) is 39.1 Å². The summed E-state index contributed by atoms with van der Waals surface area (Å²) >= 11 is 0. The Hall–Kier alpha value is -3.88. The maximum atomic E-state index is 11.7. The highest BCUT2D eigenvalue weighted by molar-refractivity contribution is 6.50. The zero-order valence-electron chi connectivity index (χ0n) is 17.8. The van der Waals surface area contributed by atoms with Crippen LogP contribution in [0.3, 0.4) is 0 Å². The van der Waals surface area contributed by atoms with Crippen LogP contribution in [-0.2, 0) is 0 Å². The largest absolute Gasteiger partial charge is 0.673 e. The second-order valence-corrected chi connectivity index (χ2v) is 7.01. The number of benzene rings is 3. The number of methoxy groups -OCH3 is 1. The normalized spacial score (nSPS) is 11.6. The second-order valence-electron chi connectivity index (χ2n) is 7.01. The van der Waals surface area contributed by atoms with Gasteiger partial charge in [0, 0.05) is 23.3 Å². The van der Waals surface area contributed by atoms with E-state index >= 15 is 0 Å². The van der Waals surface area contributed by atoms with Crippen molar-refractivity contribution in [1.82, 2.24) is 0 Å². The Bertz CT molecular complexity index is 1330. The number of halogens is 4. The Labute approximate surface area is 187 Å². The predicted molar refractivity (Wildman–Crippen MR) is 119 cm³/mol. The van der Waals surface area contributed by atoms with Crippen LogP contribution in [0.25, 0.3) is 22.3 Å². The van der Waals surface area contributed by atoms with Crippen molar-refractivity contribution >= 4 is 29.7 Å². The van der Waals surface area contributed by atoms with Gasteiger partial charge in [-0.1, -0.05) is 24.3 Å². The highest BCUT2D eigenvalue weighted by Crippen LogP contribution is 2.24. The summed E-state index contributed by atoms with van der Waals surface area (Å²) in [5, 5.41) is 1.88. The van der Waals surface area contributed by atoms with Crippen LogP contribution in [-0.4, -0.2) is 20.1 Å². The zero-order valence-corrected chi connectivity index (χ0v) is 17.8. The topological polar surface area (TPSA) is 53.4 Å². The van der Waals surface area contributed by atoms with Crippen LogP contribution in [0.15, 0.2) is 83.3 Å². The zero-order chi connectivity index (χ0) is 24.0. The number of ketones is 1. The van der Waals surface area contributed by atoms with Gasteiger partial charge in [0.05, 0.1) is 18.6 Å². The number of para-hydroxylation sites is 1. The molecule has 0 aliphatic heterocycles. The van der Waals surface area contributed by atoms with Crippen LogP contribution >= 0.6 is 0 Å². The minimum absolute atomic E-state index is 0.0375. The van der Waals surface area contributed by atoms with Crippen molar-refractivity contribution in [3.8, 4) is 17.1 Å². The average Bonchev–Trinajstić information content (AvgIpc) is 2.78. The fraction of sp³-hybridized carbons (Fsp3) is 0.0833. The molecule has 1 N–H and O–H groups in total. The third-order valence-corrected chi connectivity index (χ3v) is 4.60. The molecule has 0 amide bonds. The van der Waals surface area contributed by atoms with Crippen LogP contribution in [0.4, 0.5) is 23.0 Å². The van der Waals surface area contributed by atoms with Gasteiger partial charge >= 0.3 is 7.25 Å². The van der Waals surface area contributed by atoms with Gasteiger partial charge in [-0.3, -0.25) is 4.79 Å². The molecule has 0 unspecified atom stereocenters. The Morgan fingerprint density at radius 2 is 1.58 bits per heavy atom. The van der Waals surface area contributed by atoms with Crippen molar-refractivity contribution in [3.05, 3.63) is 89.8 Å². The van der Waals surface area contributed by atoms with Gasteiger partial charge in [0.15, 0.2) is 5.78 Å². The molecule has 0 radical (unpaired) electrons. The lowest BCUT2D eigenvalue weighted by atomic mass is 10.1. The van der Waals surface area contributed by atoms with Gasteiger partial charge < -0.3 is 26.4 Å². The van der Waals surface area contributed by atoms with E-state index in [1.54, 1.807) is 14.0 Å². The van der Waals surface area contributed by atoms with E-state index in [9.17, 15) is 22.1 Å². The van der Waals surface area contributed by atoms with Crippen LogP contribution in [0.2, 0.25) is 0 Å². The second kappa shape index (κ2) is 10.2. The van der Waals surface area contributed by atoms with Crippen molar-refractivity contribution in [1.29, 1.82) is 0 Å². The molecule has 0 aliphatic rings. The molecule has 4 nitrogen and oxygen atoms in total. The summed E-state index contributed by atoms with van der Waals surface area (Å²) in [6.07, 6.45) is 0. The SMILES string of the molecule is COc1ccc(-c2cc(=[NH+]c3cccc(C(C)=O)c3)c3ccccc3o2)cc1.F[B-](F)(F)F. The molecule has 3 aromatic carbocycles. The number of Topliss-reactive ketones (excluding diaryl/α,β-unsaturated/α-hetero) is 1. The van der Waals surface area contributed by atoms with E-state index in [-0.39, 0.29) is 5.78 Å². The molecule has 0 saturated heterocycles. The maximum absolute atomic E-state index is 11.7. The van der Waals surface area contributed by atoms with Crippen molar-refractivity contribution in [2.75, 3.05) is 7.11 Å². The van der Waals surface area contributed by atoms with Crippen LogP contribution < -0.4 is 15.1 Å². The number of ether oxygens (including phenoxy) is 1. The van der Waals surface area contributed by atoms with E-state index in [2.05, 4.69) is 4.99 Å². The standard InChI is InChI=1S/C24H19NO3.BF4/c1-16(26)18-6-5-7-19(14-18)25-22-15-24(17-10-12-20(27-2)13-11-17)28-23-9-4-3-8-21(22)23;2-1(3,4)5/h3-15H,1-2H3;/q;-1/p+1. The van der Waals surface area contributed by atoms with Gasteiger partial charge in [-0.25, -0.2) is 4.99 Å². The van der Waals surface area contributed by atoms with Gasteiger partial charge in [0.2, 0.25) is 11.0 Å². The number of hydrogen-bond donors (Lipinski definition) is 1. The molecule has 0 bridgehead atoms. The molecule has 0 atom stereocenters. The van der Waals surface area contributed by atoms with Crippen LogP contribution in [0.5, 0.6) is 5.75 Å². The van der Waals surface area contributed by atoms with E-state index in [1.165, 1.54) is 0 Å². The van der Waals surface area contributed by atoms with Crippen molar-refractivity contribution in [2.24, 2.45) is 0 Å². The van der Waals surface area contributed by atoms with Gasteiger partial charge in [-0.05, 0) is 43.3 Å². The first-order valence-corrected chi connectivity index (χ1v) is 9.90. The lowest BCUT2D eigenvalue weighted by Gasteiger charge is -2.04. The van der Waals surface area contributed by atoms with Crippen molar-refractivity contribution in [2.45, 2.75) is 6.92 Å². The third kappa shape index (κ3) is 6.80.